The fourth-order valence-electron chi connectivity index (χ4n) is 6.18. The topological polar surface area (TPSA) is 263 Å². The summed E-state index contributed by atoms with van der Waals surface area (Å²) < 4.78 is 41.7. The summed E-state index contributed by atoms with van der Waals surface area (Å²) in [5.41, 5.74) is 3.51. The van der Waals surface area contributed by atoms with E-state index in [0.29, 0.717) is 50.7 Å². The molecule has 23 heteroatoms. The number of amides is 4. The minimum Gasteiger partial charge on any atom is -0.491 e. The van der Waals surface area contributed by atoms with Crippen molar-refractivity contribution < 1.29 is 62.8 Å². The predicted octanol–water partition coefficient (Wildman–Crippen LogP) is 0.618. The van der Waals surface area contributed by atoms with Crippen LogP contribution < -0.4 is 20.7 Å². The van der Waals surface area contributed by atoms with Crippen LogP contribution >= 0.6 is 0 Å². The maximum atomic E-state index is 12.6. The van der Waals surface area contributed by atoms with E-state index >= 15 is 0 Å². The van der Waals surface area contributed by atoms with Crippen molar-refractivity contribution in [2.45, 2.75) is 31.3 Å². The lowest BCUT2D eigenvalue weighted by molar-refractivity contribution is -0.0135. The molecule has 3 aromatic rings. The van der Waals surface area contributed by atoms with Crippen molar-refractivity contribution in [3.05, 3.63) is 54.1 Å². The zero-order valence-electron chi connectivity index (χ0n) is 35.4. The number of fused-ring (bicyclic) bond motifs is 1. The molecule has 2 atom stereocenters. The summed E-state index contributed by atoms with van der Waals surface area (Å²) in [4.78, 5) is 43.1. The first-order valence-electron chi connectivity index (χ1n) is 19.9. The van der Waals surface area contributed by atoms with Gasteiger partial charge in [-0.1, -0.05) is 36.4 Å². The number of nitrogens with zero attached hydrogens (tertiary/aromatic N) is 7. The van der Waals surface area contributed by atoms with Crippen LogP contribution in [0.4, 0.5) is 27.4 Å². The maximum absolute atomic E-state index is 12.6. The lowest BCUT2D eigenvalue weighted by Gasteiger charge is -2.28. The molecule has 1 aromatic heterocycles. The van der Waals surface area contributed by atoms with E-state index in [9.17, 15) is 9.59 Å². The molecule has 7 rings (SSSR count). The second-order valence-electron chi connectivity index (χ2n) is 13.8. The van der Waals surface area contributed by atoms with Crippen LogP contribution in [0.1, 0.15) is 5.56 Å². The summed E-state index contributed by atoms with van der Waals surface area (Å²) >= 11 is 0. The van der Waals surface area contributed by atoms with Crippen molar-refractivity contribution in [1.29, 1.82) is 0 Å². The zero-order chi connectivity index (χ0) is 44.3. The lowest BCUT2D eigenvalue weighted by Crippen LogP contribution is -2.48. The van der Waals surface area contributed by atoms with Crippen molar-refractivity contribution in [1.82, 2.24) is 34.6 Å². The van der Waals surface area contributed by atoms with E-state index in [1.165, 1.54) is 59.2 Å². The highest BCUT2D eigenvalue weighted by Crippen LogP contribution is 2.35. The highest BCUT2D eigenvalue weighted by molar-refractivity contribution is 5.85. The molecule has 4 saturated heterocycles. The number of benzene rings is 2. The number of ether oxygens (including phenoxy) is 8. The quantitative estimate of drug-likeness (QED) is 0.0674. The van der Waals surface area contributed by atoms with Crippen LogP contribution in [-0.4, -0.2) is 201 Å². The SMILES string of the molecule is COCN1C(=O)N(COC)C2C1N(COC)C(=O)N2COC.OCCNc1nc(NCCO)nc(NCCO)n1.c1cc(-c2ccc(OCC3CO3)cc2)ccc1COC1CO1. The van der Waals surface area contributed by atoms with Gasteiger partial charge in [0.05, 0.1) is 33.0 Å². The van der Waals surface area contributed by atoms with Gasteiger partial charge in [0.25, 0.3) is 0 Å². The van der Waals surface area contributed by atoms with E-state index in [0.717, 1.165) is 24.5 Å². The third kappa shape index (κ3) is 13.9. The van der Waals surface area contributed by atoms with Gasteiger partial charge in [-0.2, -0.15) is 15.0 Å². The summed E-state index contributed by atoms with van der Waals surface area (Å²) in [6.45, 7) is 3.89. The highest BCUT2D eigenvalue weighted by Gasteiger charge is 2.59. The third-order valence-corrected chi connectivity index (χ3v) is 9.14. The molecule has 6 N–H and O–H groups in total. The standard InChI is InChI=1S/C18H18O4.C12H22N4O6.C9H18N6O3/c1-3-14(4-2-13(1)9-21-18-12-22-18)15-5-7-16(8-6-15)19-10-17-11-20-17;1-19-5-13-9-10(15(7-21-3)11(13)17)16(8-22-4)12(18)14(9)6-20-2;16-4-1-10-7-13-8(11-2-5-17)15-9(14-7)12-3-6-18/h1-8,17-18H,9-12H2;9-10H,5-8H2,1-4H3;16-18H,1-6H2,(H3,10,11,12,13,14,15). The fraction of sp³-hybridized carbons (Fsp3) is 0.564. The second kappa shape index (κ2) is 25.0. The highest BCUT2D eigenvalue weighted by atomic mass is 16.8. The van der Waals surface area contributed by atoms with Crippen LogP contribution in [0.25, 0.3) is 11.1 Å². The summed E-state index contributed by atoms with van der Waals surface area (Å²) in [5, 5.41) is 34.6. The van der Waals surface area contributed by atoms with Gasteiger partial charge in [0.2, 0.25) is 17.8 Å². The Morgan fingerprint density at radius 1 is 0.613 bits per heavy atom. The summed E-state index contributed by atoms with van der Waals surface area (Å²) in [6.07, 6.45) is -0.751. The van der Waals surface area contributed by atoms with Crippen LogP contribution in [0.2, 0.25) is 0 Å². The number of methoxy groups -OCH3 is 4. The van der Waals surface area contributed by atoms with Crippen LogP contribution in [0.15, 0.2) is 48.5 Å². The van der Waals surface area contributed by atoms with Gasteiger partial charge in [-0.05, 0) is 28.8 Å². The molecular formula is C39H58N10O13. The Hall–Kier alpha value is -5.21. The van der Waals surface area contributed by atoms with Gasteiger partial charge in [0.15, 0.2) is 18.6 Å². The smallest absolute Gasteiger partial charge is 0.327 e. The summed E-state index contributed by atoms with van der Waals surface area (Å²) in [6, 6.07) is 16.0. The third-order valence-electron chi connectivity index (χ3n) is 9.14. The average molecular weight is 875 g/mol. The first-order chi connectivity index (χ1) is 30.3. The first kappa shape index (κ1) is 47.8. The monoisotopic (exact) mass is 874 g/mol. The molecule has 0 saturated carbocycles. The van der Waals surface area contributed by atoms with Crippen molar-refractivity contribution in [3.63, 3.8) is 0 Å². The van der Waals surface area contributed by atoms with Crippen molar-refractivity contribution in [2.24, 2.45) is 0 Å². The number of hydrogen-bond acceptors (Lipinski definition) is 19. The van der Waals surface area contributed by atoms with Crippen LogP contribution in [0.3, 0.4) is 0 Å². The molecule has 62 heavy (non-hydrogen) atoms. The molecule has 4 aliphatic rings. The molecule has 342 valence electrons. The minimum absolute atomic E-state index is 0.00765. The normalized spacial score (nSPS) is 19.7. The number of hydrogen-bond donors (Lipinski definition) is 6. The van der Waals surface area contributed by atoms with E-state index in [1.807, 2.05) is 12.1 Å². The average Bonchev–Trinajstić information content (AvgIpc) is 4.24. The summed E-state index contributed by atoms with van der Waals surface area (Å²) in [7, 11) is 5.97. The fourth-order valence-corrected chi connectivity index (χ4v) is 6.18. The van der Waals surface area contributed by atoms with Crippen LogP contribution in [0.5, 0.6) is 5.75 Å². The molecular weight excluding hydrogens is 816 g/mol. The molecule has 4 fully saturated rings. The lowest BCUT2D eigenvalue weighted by atomic mass is 10.0. The van der Waals surface area contributed by atoms with E-state index in [-0.39, 0.29) is 71.2 Å². The molecule has 0 spiro atoms. The molecule has 0 radical (unpaired) electrons. The van der Waals surface area contributed by atoms with Gasteiger partial charge < -0.3 is 69.2 Å². The number of nitrogens with one attached hydrogen (secondary N) is 3. The Labute approximate surface area is 359 Å². The number of carbonyl (C=O) groups is 2. The molecule has 0 aliphatic carbocycles. The maximum Gasteiger partial charge on any atom is 0.327 e. The van der Waals surface area contributed by atoms with E-state index in [2.05, 4.69) is 67.3 Å². The predicted molar refractivity (Wildman–Crippen MR) is 221 cm³/mol. The van der Waals surface area contributed by atoms with E-state index in [1.54, 1.807) is 0 Å². The number of rotatable bonds is 24. The first-order valence-corrected chi connectivity index (χ1v) is 19.9. The summed E-state index contributed by atoms with van der Waals surface area (Å²) in [5.74, 6) is 1.80. The zero-order valence-corrected chi connectivity index (χ0v) is 35.4. The van der Waals surface area contributed by atoms with E-state index in [4.69, 9.17) is 53.2 Å². The Morgan fingerprint density at radius 2 is 1.00 bits per heavy atom. The number of anilines is 3. The molecule has 2 aromatic carbocycles. The van der Waals surface area contributed by atoms with Crippen molar-refractivity contribution in [2.75, 3.05) is 131 Å². The Kier molecular flexibility index (Phi) is 19.3. The van der Waals surface area contributed by atoms with Crippen molar-refractivity contribution in [3.8, 4) is 16.9 Å². The number of urea groups is 2. The van der Waals surface area contributed by atoms with Gasteiger partial charge in [-0.3, -0.25) is 19.6 Å². The largest absolute Gasteiger partial charge is 0.491 e. The van der Waals surface area contributed by atoms with Gasteiger partial charge in [0, 0.05) is 48.1 Å². The minimum atomic E-state index is -0.523. The van der Waals surface area contributed by atoms with Gasteiger partial charge in [-0.15, -0.1) is 0 Å². The Balaban J connectivity index is 0.000000177. The molecule has 2 unspecified atom stereocenters. The van der Waals surface area contributed by atoms with E-state index < -0.39 is 12.3 Å². The molecule has 4 amide bonds. The molecule has 0 bridgehead atoms. The number of aliphatic hydroxyl groups is 3. The Morgan fingerprint density at radius 3 is 1.34 bits per heavy atom. The number of aromatic nitrogens is 3. The van der Waals surface area contributed by atoms with Gasteiger partial charge >= 0.3 is 12.1 Å². The molecule has 5 heterocycles. The second-order valence-corrected chi connectivity index (χ2v) is 13.8. The van der Waals surface area contributed by atoms with Crippen LogP contribution in [-0.2, 0) is 39.8 Å². The number of aliphatic hydroxyl groups excluding tert-OH is 3. The van der Waals surface area contributed by atoms with Crippen LogP contribution in [0, 0.1) is 0 Å². The number of epoxide rings is 2. The van der Waals surface area contributed by atoms with Crippen molar-refractivity contribution >= 4 is 29.9 Å². The van der Waals surface area contributed by atoms with Gasteiger partial charge in [0.1, 0.15) is 52.0 Å². The number of carbonyl (C=O) groups excluding carboxylic acids is 2. The molecule has 4 aliphatic heterocycles. The Bertz CT molecular complexity index is 1600. The molecule has 23 nitrogen and oxygen atoms in total. The van der Waals surface area contributed by atoms with Gasteiger partial charge in [-0.25, -0.2) is 9.59 Å².